The second-order valence-electron chi connectivity index (χ2n) is 6.57. The van der Waals surface area contributed by atoms with Crippen LogP contribution >= 0.6 is 0 Å². The first kappa shape index (κ1) is 14.9. The van der Waals surface area contributed by atoms with E-state index in [1.165, 1.54) is 5.56 Å². The Bertz CT molecular complexity index is 578. The van der Waals surface area contributed by atoms with Gasteiger partial charge in [0.1, 0.15) is 0 Å². The molecule has 0 spiro atoms. The lowest BCUT2D eigenvalue weighted by atomic mass is 9.97. The van der Waals surface area contributed by atoms with E-state index in [9.17, 15) is 9.59 Å². The quantitative estimate of drug-likeness (QED) is 0.894. The van der Waals surface area contributed by atoms with Gasteiger partial charge >= 0.3 is 6.03 Å². The van der Waals surface area contributed by atoms with Crippen molar-refractivity contribution in [3.8, 4) is 0 Å². The van der Waals surface area contributed by atoms with Crippen molar-refractivity contribution >= 4 is 11.9 Å². The number of carbonyl (C=O) groups excluding carboxylic acids is 2. The second-order valence-corrected chi connectivity index (χ2v) is 6.57. The van der Waals surface area contributed by atoms with Crippen molar-refractivity contribution in [1.82, 2.24) is 10.2 Å². The molecule has 0 aromatic heterocycles. The van der Waals surface area contributed by atoms with Gasteiger partial charge in [-0.2, -0.15) is 0 Å². The molecule has 1 aliphatic heterocycles. The Morgan fingerprint density at radius 3 is 2.55 bits per heavy atom. The summed E-state index contributed by atoms with van der Waals surface area (Å²) in [5.41, 5.74) is 7.54. The van der Waals surface area contributed by atoms with E-state index in [4.69, 9.17) is 5.73 Å². The number of hydrogen-bond acceptors (Lipinski definition) is 2. The van der Waals surface area contributed by atoms with Crippen LogP contribution in [0.2, 0.25) is 0 Å². The number of nitrogens with two attached hydrogens (primary N) is 1. The summed E-state index contributed by atoms with van der Waals surface area (Å²) in [6.07, 6.45) is 3.55. The maximum absolute atomic E-state index is 12.5. The van der Waals surface area contributed by atoms with Crippen LogP contribution in [-0.4, -0.2) is 29.9 Å². The number of nitrogens with zero attached hydrogens (tertiary/aromatic N) is 1. The van der Waals surface area contributed by atoms with E-state index in [0.29, 0.717) is 13.1 Å². The van der Waals surface area contributed by atoms with E-state index >= 15 is 0 Å². The van der Waals surface area contributed by atoms with Gasteiger partial charge in [0, 0.05) is 13.1 Å². The van der Waals surface area contributed by atoms with E-state index in [-0.39, 0.29) is 23.4 Å². The molecule has 2 fully saturated rings. The molecule has 1 aromatic rings. The van der Waals surface area contributed by atoms with Crippen molar-refractivity contribution in [2.75, 3.05) is 13.1 Å². The van der Waals surface area contributed by atoms with Crippen LogP contribution < -0.4 is 11.1 Å². The first-order valence-electron chi connectivity index (χ1n) is 7.94. The molecule has 5 heteroatoms. The van der Waals surface area contributed by atoms with Crippen LogP contribution in [0.1, 0.15) is 36.8 Å². The molecule has 0 unspecified atom stereocenters. The van der Waals surface area contributed by atoms with Crippen LogP contribution in [-0.2, 0) is 10.3 Å². The average molecular weight is 301 g/mol. The molecule has 5 nitrogen and oxygen atoms in total. The van der Waals surface area contributed by atoms with Gasteiger partial charge in [-0.05, 0) is 38.2 Å². The fourth-order valence-electron chi connectivity index (χ4n) is 3.16. The highest BCUT2D eigenvalue weighted by Gasteiger charge is 2.46. The van der Waals surface area contributed by atoms with Gasteiger partial charge in [-0.3, -0.25) is 4.79 Å². The summed E-state index contributed by atoms with van der Waals surface area (Å²) in [6, 6.07) is 8.25. The Morgan fingerprint density at radius 2 is 1.95 bits per heavy atom. The average Bonchev–Trinajstić information content (AvgIpc) is 3.28. The van der Waals surface area contributed by atoms with Crippen LogP contribution in [0.5, 0.6) is 0 Å². The standard InChI is InChI=1S/C17H23N3O2/c1-12-4-6-14(7-5-12)17(8-9-17)19-16(22)20-10-2-3-13(11-20)15(18)21/h4-7,13H,2-3,8-11H2,1H3,(H2,18,21)(H,19,22)/t13-/m0/s1. The van der Waals surface area contributed by atoms with E-state index in [2.05, 4.69) is 36.5 Å². The van der Waals surface area contributed by atoms with Crippen molar-refractivity contribution < 1.29 is 9.59 Å². The Labute approximate surface area is 130 Å². The summed E-state index contributed by atoms with van der Waals surface area (Å²) in [6.45, 7) is 3.18. The molecular weight excluding hydrogens is 278 g/mol. The first-order valence-corrected chi connectivity index (χ1v) is 7.94. The van der Waals surface area contributed by atoms with Crippen molar-refractivity contribution in [3.05, 3.63) is 35.4 Å². The molecule has 22 heavy (non-hydrogen) atoms. The number of urea groups is 1. The minimum absolute atomic E-state index is 0.0796. The molecular formula is C17H23N3O2. The van der Waals surface area contributed by atoms with Crippen LogP contribution in [0.4, 0.5) is 4.79 Å². The van der Waals surface area contributed by atoms with Crippen molar-refractivity contribution in [1.29, 1.82) is 0 Å². The summed E-state index contributed by atoms with van der Waals surface area (Å²) in [5, 5.41) is 3.17. The third-order valence-corrected chi connectivity index (χ3v) is 4.81. The van der Waals surface area contributed by atoms with Crippen LogP contribution in [0.25, 0.3) is 0 Å². The molecule has 3 rings (SSSR count). The van der Waals surface area contributed by atoms with E-state index in [1.54, 1.807) is 4.90 Å². The molecule has 1 aromatic carbocycles. The fraction of sp³-hybridized carbons (Fsp3) is 0.529. The lowest BCUT2D eigenvalue weighted by Gasteiger charge is -2.33. The number of primary amides is 1. The Kier molecular flexibility index (Phi) is 3.81. The molecule has 3 N–H and O–H groups in total. The van der Waals surface area contributed by atoms with Gasteiger partial charge < -0.3 is 16.0 Å². The van der Waals surface area contributed by atoms with Gasteiger partial charge in [-0.15, -0.1) is 0 Å². The highest BCUT2D eigenvalue weighted by atomic mass is 16.2. The minimum Gasteiger partial charge on any atom is -0.369 e. The number of nitrogens with one attached hydrogen (secondary N) is 1. The second kappa shape index (κ2) is 5.63. The molecule has 3 amide bonds. The summed E-state index contributed by atoms with van der Waals surface area (Å²) >= 11 is 0. The predicted molar refractivity (Wildman–Crippen MR) is 84.1 cm³/mol. The van der Waals surface area contributed by atoms with Gasteiger partial charge in [0.15, 0.2) is 0 Å². The summed E-state index contributed by atoms with van der Waals surface area (Å²) in [4.78, 5) is 25.6. The first-order chi connectivity index (χ1) is 10.5. The number of likely N-dealkylation sites (tertiary alicyclic amines) is 1. The molecule has 2 aliphatic rings. The Morgan fingerprint density at radius 1 is 1.27 bits per heavy atom. The number of rotatable bonds is 3. The molecule has 1 saturated heterocycles. The lowest BCUT2D eigenvalue weighted by Crippen LogP contribution is -2.50. The zero-order chi connectivity index (χ0) is 15.7. The van der Waals surface area contributed by atoms with E-state index in [1.807, 2.05) is 0 Å². The number of benzene rings is 1. The number of piperidine rings is 1. The number of aryl methyl sites for hydroxylation is 1. The maximum Gasteiger partial charge on any atom is 0.318 e. The van der Waals surface area contributed by atoms with Gasteiger partial charge in [-0.25, -0.2) is 4.79 Å². The topological polar surface area (TPSA) is 75.4 Å². The minimum atomic E-state index is -0.308. The van der Waals surface area contributed by atoms with E-state index < -0.39 is 0 Å². The Balaban J connectivity index is 1.66. The van der Waals surface area contributed by atoms with E-state index in [0.717, 1.165) is 31.2 Å². The third-order valence-electron chi connectivity index (χ3n) is 4.81. The van der Waals surface area contributed by atoms with Gasteiger partial charge in [0.2, 0.25) is 5.91 Å². The number of hydrogen-bond donors (Lipinski definition) is 2. The van der Waals surface area contributed by atoms with Crippen LogP contribution in [0, 0.1) is 12.8 Å². The zero-order valence-corrected chi connectivity index (χ0v) is 13.0. The van der Waals surface area contributed by atoms with Crippen LogP contribution in [0.15, 0.2) is 24.3 Å². The lowest BCUT2D eigenvalue weighted by molar-refractivity contribution is -0.123. The van der Waals surface area contributed by atoms with Gasteiger partial charge in [0.25, 0.3) is 0 Å². The molecule has 0 bridgehead atoms. The summed E-state index contributed by atoms with van der Waals surface area (Å²) in [7, 11) is 0. The SMILES string of the molecule is Cc1ccc(C2(NC(=O)N3CCC[C@H](C(N)=O)C3)CC2)cc1. The smallest absolute Gasteiger partial charge is 0.318 e. The zero-order valence-electron chi connectivity index (χ0n) is 13.0. The third kappa shape index (κ3) is 2.93. The van der Waals surface area contributed by atoms with Crippen LogP contribution in [0.3, 0.4) is 0 Å². The normalized spacial score (nSPS) is 23.0. The van der Waals surface area contributed by atoms with Crippen molar-refractivity contribution in [2.24, 2.45) is 11.7 Å². The van der Waals surface area contributed by atoms with Crippen molar-refractivity contribution in [3.63, 3.8) is 0 Å². The predicted octanol–water partition coefficient (Wildman–Crippen LogP) is 1.89. The molecule has 1 aliphatic carbocycles. The van der Waals surface area contributed by atoms with Gasteiger partial charge in [-0.1, -0.05) is 29.8 Å². The summed E-state index contributed by atoms with van der Waals surface area (Å²) in [5.74, 6) is -0.522. The highest BCUT2D eigenvalue weighted by Crippen LogP contribution is 2.45. The number of amides is 3. The largest absolute Gasteiger partial charge is 0.369 e. The molecule has 0 radical (unpaired) electrons. The molecule has 1 heterocycles. The maximum atomic E-state index is 12.5. The molecule has 1 atom stereocenters. The summed E-state index contributed by atoms with van der Waals surface area (Å²) < 4.78 is 0. The molecule has 1 saturated carbocycles. The Hall–Kier alpha value is -2.04. The fourth-order valence-corrected chi connectivity index (χ4v) is 3.16. The number of carbonyl (C=O) groups is 2. The highest BCUT2D eigenvalue weighted by molar-refractivity contribution is 5.80. The van der Waals surface area contributed by atoms with Crippen molar-refractivity contribution in [2.45, 2.75) is 38.1 Å². The van der Waals surface area contributed by atoms with Gasteiger partial charge in [0.05, 0.1) is 11.5 Å². The monoisotopic (exact) mass is 301 g/mol. The molecule has 118 valence electrons.